The standard InChI is InChI=1S/C10H10Cl2N2O/c11-7-2-1-6(5-8(7)12)9-10(15)14-4-3-13-9/h1-2,5,9,13H,3-4H2,(H,14,15)/t9-/m0/s1. The summed E-state index contributed by atoms with van der Waals surface area (Å²) >= 11 is 11.7. The molecule has 1 amide bonds. The van der Waals surface area contributed by atoms with Gasteiger partial charge in [-0.15, -0.1) is 0 Å². The molecule has 5 heteroatoms. The molecule has 2 rings (SSSR count). The van der Waals surface area contributed by atoms with Crippen LogP contribution in [0.2, 0.25) is 10.0 Å². The SMILES string of the molecule is O=C1NCCN[C@H]1c1ccc(Cl)c(Cl)c1. The van der Waals surface area contributed by atoms with Crippen molar-refractivity contribution in [3.05, 3.63) is 33.8 Å². The fourth-order valence-electron chi connectivity index (χ4n) is 1.56. The second-order valence-electron chi connectivity index (χ2n) is 3.35. The molecule has 0 bridgehead atoms. The lowest BCUT2D eigenvalue weighted by atomic mass is 10.1. The Hall–Kier alpha value is -0.770. The van der Waals surface area contributed by atoms with Crippen LogP contribution in [0.1, 0.15) is 11.6 Å². The fraction of sp³-hybridized carbons (Fsp3) is 0.300. The smallest absolute Gasteiger partial charge is 0.241 e. The molecule has 0 aromatic heterocycles. The molecule has 2 N–H and O–H groups in total. The van der Waals surface area contributed by atoms with Gasteiger partial charge in [0.15, 0.2) is 0 Å². The minimum atomic E-state index is -0.325. The van der Waals surface area contributed by atoms with Crippen molar-refractivity contribution in [3.63, 3.8) is 0 Å². The number of benzene rings is 1. The molecule has 0 spiro atoms. The van der Waals surface area contributed by atoms with Crippen LogP contribution in [0, 0.1) is 0 Å². The predicted octanol–water partition coefficient (Wildman–Crippen LogP) is 1.75. The highest BCUT2D eigenvalue weighted by molar-refractivity contribution is 6.42. The van der Waals surface area contributed by atoms with E-state index in [-0.39, 0.29) is 11.9 Å². The lowest BCUT2D eigenvalue weighted by Gasteiger charge is -2.23. The summed E-state index contributed by atoms with van der Waals surface area (Å²) in [7, 11) is 0. The number of rotatable bonds is 1. The highest BCUT2D eigenvalue weighted by Gasteiger charge is 2.23. The van der Waals surface area contributed by atoms with E-state index in [1.165, 1.54) is 0 Å². The third-order valence-corrected chi connectivity index (χ3v) is 3.05. The number of hydrogen-bond acceptors (Lipinski definition) is 2. The largest absolute Gasteiger partial charge is 0.353 e. The highest BCUT2D eigenvalue weighted by Crippen LogP contribution is 2.26. The summed E-state index contributed by atoms with van der Waals surface area (Å²) in [4.78, 5) is 11.5. The van der Waals surface area contributed by atoms with Gasteiger partial charge in [-0.3, -0.25) is 4.79 Å². The molecule has 1 aliphatic rings. The van der Waals surface area contributed by atoms with Crippen molar-refractivity contribution in [2.75, 3.05) is 13.1 Å². The lowest BCUT2D eigenvalue weighted by Crippen LogP contribution is -2.47. The van der Waals surface area contributed by atoms with Crippen molar-refractivity contribution < 1.29 is 4.79 Å². The molecular weight excluding hydrogens is 235 g/mol. The average Bonchev–Trinajstić information content (AvgIpc) is 2.23. The Morgan fingerprint density at radius 2 is 2.00 bits per heavy atom. The summed E-state index contributed by atoms with van der Waals surface area (Å²) in [5, 5.41) is 6.87. The quantitative estimate of drug-likeness (QED) is 0.791. The third-order valence-electron chi connectivity index (χ3n) is 2.31. The number of amides is 1. The zero-order valence-corrected chi connectivity index (χ0v) is 9.40. The van der Waals surface area contributed by atoms with Crippen LogP contribution in [-0.4, -0.2) is 19.0 Å². The van der Waals surface area contributed by atoms with E-state index in [1.807, 2.05) is 0 Å². The Labute approximate surface area is 97.8 Å². The Bertz CT molecular complexity index is 395. The van der Waals surface area contributed by atoms with Crippen LogP contribution in [0.15, 0.2) is 18.2 Å². The maximum atomic E-state index is 11.5. The zero-order valence-electron chi connectivity index (χ0n) is 7.89. The molecule has 1 heterocycles. The summed E-state index contributed by atoms with van der Waals surface area (Å²) in [6.45, 7) is 1.42. The van der Waals surface area contributed by atoms with Crippen LogP contribution in [0.25, 0.3) is 0 Å². The third kappa shape index (κ3) is 2.25. The maximum Gasteiger partial charge on any atom is 0.241 e. The summed E-state index contributed by atoms with van der Waals surface area (Å²) in [5.74, 6) is -0.0281. The Balaban J connectivity index is 2.28. The molecule has 1 fully saturated rings. The molecule has 3 nitrogen and oxygen atoms in total. The van der Waals surface area contributed by atoms with E-state index in [9.17, 15) is 4.79 Å². The van der Waals surface area contributed by atoms with Crippen LogP contribution in [0.3, 0.4) is 0 Å². The van der Waals surface area contributed by atoms with Crippen molar-refractivity contribution in [2.45, 2.75) is 6.04 Å². The second-order valence-corrected chi connectivity index (χ2v) is 4.17. The first-order valence-electron chi connectivity index (χ1n) is 4.64. The van der Waals surface area contributed by atoms with Gasteiger partial charge in [-0.05, 0) is 17.7 Å². The molecule has 15 heavy (non-hydrogen) atoms. The summed E-state index contributed by atoms with van der Waals surface area (Å²) < 4.78 is 0. The Kier molecular flexibility index (Phi) is 3.14. The second kappa shape index (κ2) is 4.39. The van der Waals surface area contributed by atoms with Gasteiger partial charge in [0.2, 0.25) is 5.91 Å². The van der Waals surface area contributed by atoms with Gasteiger partial charge in [0.25, 0.3) is 0 Å². The Morgan fingerprint density at radius 3 is 2.67 bits per heavy atom. The van der Waals surface area contributed by atoms with E-state index in [4.69, 9.17) is 23.2 Å². The molecule has 1 atom stereocenters. The summed E-state index contributed by atoms with van der Waals surface area (Å²) in [5.41, 5.74) is 0.835. The highest BCUT2D eigenvalue weighted by atomic mass is 35.5. The molecule has 0 saturated carbocycles. The number of carbonyl (C=O) groups is 1. The molecule has 80 valence electrons. The van der Waals surface area contributed by atoms with Gasteiger partial charge in [-0.25, -0.2) is 0 Å². The minimum absolute atomic E-state index is 0.0281. The van der Waals surface area contributed by atoms with E-state index in [1.54, 1.807) is 18.2 Å². The topological polar surface area (TPSA) is 41.1 Å². The molecular formula is C10H10Cl2N2O. The lowest BCUT2D eigenvalue weighted by molar-refractivity contribution is -0.124. The normalized spacial score (nSPS) is 21.2. The van der Waals surface area contributed by atoms with E-state index in [2.05, 4.69) is 10.6 Å². The monoisotopic (exact) mass is 244 g/mol. The van der Waals surface area contributed by atoms with E-state index in [0.717, 1.165) is 12.1 Å². The number of halogens is 2. The van der Waals surface area contributed by atoms with Crippen LogP contribution in [-0.2, 0) is 4.79 Å². The van der Waals surface area contributed by atoms with Crippen molar-refractivity contribution in [1.29, 1.82) is 0 Å². The summed E-state index contributed by atoms with van der Waals surface area (Å²) in [6.07, 6.45) is 0. The predicted molar refractivity (Wildman–Crippen MR) is 60.2 cm³/mol. The number of nitrogens with one attached hydrogen (secondary N) is 2. The zero-order chi connectivity index (χ0) is 10.8. The van der Waals surface area contributed by atoms with E-state index in [0.29, 0.717) is 16.6 Å². The number of piperazine rings is 1. The minimum Gasteiger partial charge on any atom is -0.353 e. The van der Waals surface area contributed by atoms with Gasteiger partial charge in [0.05, 0.1) is 10.0 Å². The van der Waals surface area contributed by atoms with Crippen molar-refractivity contribution in [2.24, 2.45) is 0 Å². The van der Waals surface area contributed by atoms with Crippen LogP contribution in [0.4, 0.5) is 0 Å². The molecule has 0 radical (unpaired) electrons. The first-order valence-corrected chi connectivity index (χ1v) is 5.40. The van der Waals surface area contributed by atoms with Gasteiger partial charge in [0.1, 0.15) is 6.04 Å². The van der Waals surface area contributed by atoms with Crippen LogP contribution < -0.4 is 10.6 Å². The van der Waals surface area contributed by atoms with Gasteiger partial charge in [0, 0.05) is 13.1 Å². The summed E-state index contributed by atoms with van der Waals surface area (Å²) in [6, 6.07) is 4.89. The van der Waals surface area contributed by atoms with Gasteiger partial charge in [-0.2, -0.15) is 0 Å². The van der Waals surface area contributed by atoms with Gasteiger partial charge in [-0.1, -0.05) is 29.3 Å². The maximum absolute atomic E-state index is 11.5. The molecule has 1 aliphatic heterocycles. The van der Waals surface area contributed by atoms with Crippen molar-refractivity contribution in [3.8, 4) is 0 Å². The molecule has 1 aromatic rings. The molecule has 0 aliphatic carbocycles. The van der Waals surface area contributed by atoms with Gasteiger partial charge < -0.3 is 10.6 Å². The first-order chi connectivity index (χ1) is 7.18. The fourth-order valence-corrected chi connectivity index (χ4v) is 1.86. The Morgan fingerprint density at radius 1 is 1.20 bits per heavy atom. The van der Waals surface area contributed by atoms with E-state index < -0.39 is 0 Å². The first kappa shape index (κ1) is 10.7. The van der Waals surface area contributed by atoms with E-state index >= 15 is 0 Å². The van der Waals surface area contributed by atoms with Crippen molar-refractivity contribution >= 4 is 29.1 Å². The van der Waals surface area contributed by atoms with Crippen LogP contribution in [0.5, 0.6) is 0 Å². The van der Waals surface area contributed by atoms with Crippen LogP contribution >= 0.6 is 23.2 Å². The number of carbonyl (C=O) groups excluding carboxylic acids is 1. The van der Waals surface area contributed by atoms with Crippen molar-refractivity contribution in [1.82, 2.24) is 10.6 Å². The molecule has 1 saturated heterocycles. The molecule has 1 aromatic carbocycles. The molecule has 0 unspecified atom stereocenters. The van der Waals surface area contributed by atoms with Gasteiger partial charge >= 0.3 is 0 Å². The number of hydrogen-bond donors (Lipinski definition) is 2. The average molecular weight is 245 g/mol.